The Hall–Kier alpha value is -1.78. The van der Waals surface area contributed by atoms with Crippen LogP contribution >= 0.6 is 12.4 Å². The van der Waals surface area contributed by atoms with Gasteiger partial charge in [-0.05, 0) is 64.8 Å². The van der Waals surface area contributed by atoms with Crippen molar-refractivity contribution in [3.63, 3.8) is 0 Å². The molecule has 1 amide bonds. The van der Waals surface area contributed by atoms with Crippen LogP contribution in [0.2, 0.25) is 0 Å². The van der Waals surface area contributed by atoms with Gasteiger partial charge in [-0.25, -0.2) is 0 Å². The molecule has 3 rings (SSSR count). The van der Waals surface area contributed by atoms with Crippen LogP contribution in [0.4, 0.5) is 0 Å². The summed E-state index contributed by atoms with van der Waals surface area (Å²) in [5.74, 6) is 0.745. The fourth-order valence-corrected chi connectivity index (χ4v) is 4.35. The molecular weight excluding hydrogens is 358 g/mol. The highest BCUT2D eigenvalue weighted by atomic mass is 35.5. The van der Waals surface area contributed by atoms with E-state index in [9.17, 15) is 4.79 Å². The minimum absolute atomic E-state index is 0. The van der Waals surface area contributed by atoms with Crippen molar-refractivity contribution in [2.45, 2.75) is 39.7 Å². The van der Waals surface area contributed by atoms with Gasteiger partial charge in [0.25, 0.3) is 5.91 Å². The number of likely N-dealkylation sites (tertiary alicyclic amines) is 1. The number of rotatable bonds is 5. The molecule has 5 heteroatoms. The Balaban J connectivity index is 0.00000261. The Morgan fingerprint density at radius 3 is 2.63 bits per heavy atom. The average Bonchev–Trinajstić information content (AvgIpc) is 2.96. The Morgan fingerprint density at radius 2 is 1.96 bits per heavy atom. The Bertz CT molecular complexity index is 754. The number of nitrogens with zero attached hydrogens (tertiary/aromatic N) is 2. The molecule has 1 aromatic heterocycles. The number of benzene rings is 1. The van der Waals surface area contributed by atoms with Gasteiger partial charge in [-0.3, -0.25) is 4.79 Å². The van der Waals surface area contributed by atoms with E-state index < -0.39 is 0 Å². The number of piperidine rings is 1. The molecule has 0 spiro atoms. The molecule has 0 saturated carbocycles. The van der Waals surface area contributed by atoms with Crippen molar-refractivity contribution < 1.29 is 4.79 Å². The zero-order valence-corrected chi connectivity index (χ0v) is 17.7. The number of hydrogen-bond acceptors (Lipinski definition) is 2. The molecule has 2 aromatic rings. The standard InChI is InChI=1S/C22H31N3O.ClH/c1-16-13-21(22(26)24-12-8-9-19(15-24)14-23-4)18(3)25(16)17(2)20-10-6-5-7-11-20;/h5-7,10-11,13,17,19,23H,8-9,12,14-15H2,1-4H3;1H. The van der Waals surface area contributed by atoms with E-state index in [1.165, 1.54) is 12.0 Å². The zero-order chi connectivity index (χ0) is 18.7. The number of halogens is 1. The number of carbonyl (C=O) groups is 1. The van der Waals surface area contributed by atoms with E-state index in [1.54, 1.807) is 0 Å². The van der Waals surface area contributed by atoms with Crippen molar-refractivity contribution in [3.05, 3.63) is 58.9 Å². The molecule has 0 bridgehead atoms. The third-order valence-corrected chi connectivity index (χ3v) is 5.68. The number of carbonyl (C=O) groups excluding carboxylic acids is 1. The Morgan fingerprint density at radius 1 is 1.26 bits per heavy atom. The summed E-state index contributed by atoms with van der Waals surface area (Å²) in [6.45, 7) is 9.09. The van der Waals surface area contributed by atoms with Gasteiger partial charge in [0.05, 0.1) is 11.6 Å². The summed E-state index contributed by atoms with van der Waals surface area (Å²) in [6.07, 6.45) is 2.30. The van der Waals surface area contributed by atoms with Gasteiger partial charge >= 0.3 is 0 Å². The first-order valence-electron chi connectivity index (χ1n) is 9.70. The van der Waals surface area contributed by atoms with E-state index in [0.717, 1.165) is 43.0 Å². The van der Waals surface area contributed by atoms with Crippen molar-refractivity contribution >= 4 is 18.3 Å². The second-order valence-electron chi connectivity index (χ2n) is 7.56. The maximum atomic E-state index is 13.2. The van der Waals surface area contributed by atoms with E-state index in [1.807, 2.05) is 18.0 Å². The van der Waals surface area contributed by atoms with Crippen molar-refractivity contribution in [1.82, 2.24) is 14.8 Å². The second-order valence-corrected chi connectivity index (χ2v) is 7.56. The molecular formula is C22H32ClN3O. The first-order chi connectivity index (χ1) is 12.5. The summed E-state index contributed by atoms with van der Waals surface area (Å²) in [4.78, 5) is 15.2. The van der Waals surface area contributed by atoms with Crippen LogP contribution in [0.3, 0.4) is 0 Å². The molecule has 1 saturated heterocycles. The SMILES string of the molecule is CNCC1CCCN(C(=O)c2cc(C)n(C(C)c3ccccc3)c2C)C1.Cl. The molecule has 2 atom stereocenters. The van der Waals surface area contributed by atoms with Gasteiger partial charge in [0.2, 0.25) is 0 Å². The minimum atomic E-state index is 0. The zero-order valence-electron chi connectivity index (χ0n) is 16.9. The van der Waals surface area contributed by atoms with Crippen LogP contribution in [-0.2, 0) is 0 Å². The van der Waals surface area contributed by atoms with E-state index >= 15 is 0 Å². The van der Waals surface area contributed by atoms with E-state index in [0.29, 0.717) is 5.92 Å². The second kappa shape index (κ2) is 9.43. The first-order valence-corrected chi connectivity index (χ1v) is 9.70. The molecule has 1 aromatic carbocycles. The van der Waals surface area contributed by atoms with Crippen LogP contribution in [0.15, 0.2) is 36.4 Å². The molecule has 27 heavy (non-hydrogen) atoms. The Labute approximate surface area is 169 Å². The maximum absolute atomic E-state index is 13.2. The maximum Gasteiger partial charge on any atom is 0.255 e. The van der Waals surface area contributed by atoms with Crippen LogP contribution in [0.25, 0.3) is 0 Å². The molecule has 4 nitrogen and oxygen atoms in total. The summed E-state index contributed by atoms with van der Waals surface area (Å²) < 4.78 is 2.29. The van der Waals surface area contributed by atoms with Gasteiger partial charge in [-0.15, -0.1) is 12.4 Å². The summed E-state index contributed by atoms with van der Waals surface area (Å²) in [5.41, 5.74) is 4.33. The lowest BCUT2D eigenvalue weighted by Gasteiger charge is -2.32. The molecule has 0 radical (unpaired) electrons. The Kier molecular flexibility index (Phi) is 7.51. The largest absolute Gasteiger partial charge is 0.341 e. The van der Waals surface area contributed by atoms with Crippen LogP contribution in [-0.4, -0.2) is 42.1 Å². The van der Waals surface area contributed by atoms with Crippen molar-refractivity contribution in [2.24, 2.45) is 5.92 Å². The molecule has 1 aliphatic heterocycles. The molecule has 1 fully saturated rings. The highest BCUT2D eigenvalue weighted by Gasteiger charge is 2.27. The molecule has 1 aliphatic rings. The van der Waals surface area contributed by atoms with E-state index in [4.69, 9.17) is 0 Å². The van der Waals surface area contributed by atoms with Crippen LogP contribution in [0, 0.1) is 19.8 Å². The number of aryl methyl sites for hydroxylation is 1. The minimum Gasteiger partial charge on any atom is -0.341 e. The average molecular weight is 390 g/mol. The first kappa shape index (κ1) is 21.5. The van der Waals surface area contributed by atoms with Gasteiger partial charge in [0.15, 0.2) is 0 Å². The summed E-state index contributed by atoms with van der Waals surface area (Å²) >= 11 is 0. The normalized spacial score (nSPS) is 18.1. The third-order valence-electron chi connectivity index (χ3n) is 5.68. The van der Waals surface area contributed by atoms with E-state index in [2.05, 4.69) is 61.0 Å². The van der Waals surface area contributed by atoms with Crippen LogP contribution in [0.1, 0.15) is 53.1 Å². The van der Waals surface area contributed by atoms with Gasteiger partial charge in [0.1, 0.15) is 0 Å². The van der Waals surface area contributed by atoms with Crippen LogP contribution in [0.5, 0.6) is 0 Å². The van der Waals surface area contributed by atoms with Crippen molar-refractivity contribution in [1.29, 1.82) is 0 Å². The summed E-state index contributed by atoms with van der Waals surface area (Å²) in [5, 5.41) is 3.25. The third kappa shape index (κ3) is 4.56. The number of hydrogen-bond donors (Lipinski definition) is 1. The van der Waals surface area contributed by atoms with Gasteiger partial charge in [0, 0.05) is 24.5 Å². The smallest absolute Gasteiger partial charge is 0.255 e. The highest BCUT2D eigenvalue weighted by molar-refractivity contribution is 5.95. The molecule has 1 N–H and O–H groups in total. The van der Waals surface area contributed by atoms with Crippen molar-refractivity contribution in [2.75, 3.05) is 26.7 Å². The summed E-state index contributed by atoms with van der Waals surface area (Å²) in [7, 11) is 1.99. The molecule has 148 valence electrons. The summed E-state index contributed by atoms with van der Waals surface area (Å²) in [6, 6.07) is 12.8. The lowest BCUT2D eigenvalue weighted by molar-refractivity contribution is 0.0673. The van der Waals surface area contributed by atoms with Crippen molar-refractivity contribution in [3.8, 4) is 0 Å². The fourth-order valence-electron chi connectivity index (χ4n) is 4.35. The van der Waals surface area contributed by atoms with E-state index in [-0.39, 0.29) is 24.4 Å². The predicted octanol–water partition coefficient (Wildman–Crippen LogP) is 4.21. The number of aromatic nitrogens is 1. The monoisotopic (exact) mass is 389 g/mol. The van der Waals surface area contributed by atoms with Gasteiger partial charge < -0.3 is 14.8 Å². The molecule has 2 heterocycles. The molecule has 2 unspecified atom stereocenters. The predicted molar refractivity (Wildman–Crippen MR) is 114 cm³/mol. The highest BCUT2D eigenvalue weighted by Crippen LogP contribution is 2.27. The number of amides is 1. The fraction of sp³-hybridized carbons (Fsp3) is 0.500. The van der Waals surface area contributed by atoms with Gasteiger partial charge in [-0.2, -0.15) is 0 Å². The topological polar surface area (TPSA) is 37.3 Å². The lowest BCUT2D eigenvalue weighted by atomic mass is 9.97. The quantitative estimate of drug-likeness (QED) is 0.831. The number of nitrogens with one attached hydrogen (secondary N) is 1. The lowest BCUT2D eigenvalue weighted by Crippen LogP contribution is -2.42. The van der Waals surface area contributed by atoms with Gasteiger partial charge in [-0.1, -0.05) is 30.3 Å². The molecule has 0 aliphatic carbocycles. The van der Waals surface area contributed by atoms with Crippen LogP contribution < -0.4 is 5.32 Å².